The average molecular weight is 601 g/mol. The van der Waals surface area contributed by atoms with Gasteiger partial charge in [-0.25, -0.2) is 4.39 Å². The molecular weight excluding hydrogens is 563 g/mol. The van der Waals surface area contributed by atoms with Gasteiger partial charge in [0.05, 0.1) is 11.6 Å². The molecule has 10 heteroatoms. The number of ether oxygens (including phenoxy) is 2. The molecule has 1 saturated heterocycles. The summed E-state index contributed by atoms with van der Waals surface area (Å²) in [7, 11) is 0. The van der Waals surface area contributed by atoms with E-state index in [1.165, 1.54) is 12.1 Å². The molecule has 2 atom stereocenters. The Hall–Kier alpha value is -4.28. The number of hydrogen-bond acceptors (Lipinski definition) is 7. The lowest BCUT2D eigenvalue weighted by Crippen LogP contribution is -2.48. The Balaban J connectivity index is 1.19. The van der Waals surface area contributed by atoms with Crippen LogP contribution in [0.25, 0.3) is 22.0 Å². The van der Waals surface area contributed by atoms with Gasteiger partial charge in [-0.1, -0.05) is 36.4 Å². The van der Waals surface area contributed by atoms with Gasteiger partial charge in [-0.15, -0.1) is 0 Å². The van der Waals surface area contributed by atoms with E-state index in [0.29, 0.717) is 6.54 Å². The Labute approximate surface area is 255 Å². The van der Waals surface area contributed by atoms with Gasteiger partial charge in [-0.2, -0.15) is 5.10 Å². The van der Waals surface area contributed by atoms with Crippen LogP contribution in [0, 0.1) is 12.7 Å². The number of rotatable bonds is 9. The molecule has 2 aliphatic heterocycles. The summed E-state index contributed by atoms with van der Waals surface area (Å²) in [4.78, 5) is 28.6. The minimum absolute atomic E-state index is 0.00575. The van der Waals surface area contributed by atoms with E-state index >= 15 is 0 Å². The second-order valence-corrected chi connectivity index (χ2v) is 11.8. The highest BCUT2D eigenvalue weighted by atomic mass is 19.1. The molecule has 0 radical (unpaired) electrons. The van der Waals surface area contributed by atoms with Crippen LogP contribution in [0.3, 0.4) is 0 Å². The molecule has 9 nitrogen and oxygen atoms in total. The predicted molar refractivity (Wildman–Crippen MR) is 165 cm³/mol. The maximum atomic E-state index is 14.8. The van der Waals surface area contributed by atoms with E-state index in [-0.39, 0.29) is 41.9 Å². The standard InChI is InChI=1S/C34H37FN4O5/c1-20(2)39-21(3)26-11-10-24(17-28(26)37-39)22-6-8-23(9-7-22)32(41)34(42)36-29(19-38-12-4-5-13-38)31(40)25-16-27(35)33-30(18-25)43-14-15-44-33/h6-11,16-18,20,29,31,40H,4-5,12-15,19H2,1-3H3,(H,36,42). The first-order chi connectivity index (χ1) is 21.2. The van der Waals surface area contributed by atoms with E-state index in [1.54, 1.807) is 12.1 Å². The Kier molecular flexibility index (Phi) is 8.38. The van der Waals surface area contributed by atoms with Crippen LogP contribution in [-0.2, 0) is 4.79 Å². The number of benzene rings is 3. The summed E-state index contributed by atoms with van der Waals surface area (Å²) < 4.78 is 27.7. The topological polar surface area (TPSA) is 106 Å². The summed E-state index contributed by atoms with van der Waals surface area (Å²) in [5.41, 5.74) is 4.32. The van der Waals surface area contributed by atoms with Gasteiger partial charge in [0.2, 0.25) is 5.78 Å². The molecule has 2 aliphatic rings. The van der Waals surface area contributed by atoms with Crippen LogP contribution in [0.2, 0.25) is 0 Å². The fourth-order valence-corrected chi connectivity index (χ4v) is 6.10. The van der Waals surface area contributed by atoms with Gasteiger partial charge in [-0.05, 0) is 81.6 Å². The van der Waals surface area contributed by atoms with Gasteiger partial charge in [0, 0.05) is 29.2 Å². The van der Waals surface area contributed by atoms with Crippen molar-refractivity contribution in [3.63, 3.8) is 0 Å². The van der Waals surface area contributed by atoms with E-state index < -0.39 is 29.7 Å². The fraction of sp³-hybridized carbons (Fsp3) is 0.382. The molecule has 3 heterocycles. The Morgan fingerprint density at radius 2 is 1.70 bits per heavy atom. The summed E-state index contributed by atoms with van der Waals surface area (Å²) in [6, 6.07) is 15.1. The number of likely N-dealkylation sites (tertiary alicyclic amines) is 1. The third-order valence-corrected chi connectivity index (χ3v) is 8.43. The Bertz CT molecular complexity index is 1690. The molecule has 230 valence electrons. The van der Waals surface area contributed by atoms with Crippen molar-refractivity contribution < 1.29 is 28.6 Å². The van der Waals surface area contributed by atoms with Gasteiger partial charge >= 0.3 is 0 Å². The number of nitrogens with one attached hydrogen (secondary N) is 1. The van der Waals surface area contributed by atoms with Gasteiger partial charge in [0.15, 0.2) is 17.3 Å². The van der Waals surface area contributed by atoms with Gasteiger partial charge in [-0.3, -0.25) is 14.3 Å². The van der Waals surface area contributed by atoms with Crippen LogP contribution < -0.4 is 14.8 Å². The number of hydrogen-bond donors (Lipinski definition) is 2. The number of aliphatic hydroxyl groups excluding tert-OH is 1. The lowest BCUT2D eigenvalue weighted by Gasteiger charge is -2.29. The largest absolute Gasteiger partial charge is 0.486 e. The van der Waals surface area contributed by atoms with Crippen molar-refractivity contribution in [2.45, 2.75) is 51.8 Å². The molecule has 2 N–H and O–H groups in total. The zero-order valence-corrected chi connectivity index (χ0v) is 25.2. The molecular formula is C34H37FN4O5. The lowest BCUT2D eigenvalue weighted by atomic mass is 9.99. The van der Waals surface area contributed by atoms with Crippen LogP contribution in [0.15, 0.2) is 54.6 Å². The van der Waals surface area contributed by atoms with Crippen molar-refractivity contribution >= 4 is 22.6 Å². The van der Waals surface area contributed by atoms with Gasteiger partial charge < -0.3 is 24.8 Å². The van der Waals surface area contributed by atoms with Crippen molar-refractivity contribution in [3.05, 3.63) is 77.2 Å². The van der Waals surface area contributed by atoms with Crippen molar-refractivity contribution in [1.29, 1.82) is 0 Å². The van der Waals surface area contributed by atoms with Gasteiger partial charge in [0.1, 0.15) is 19.3 Å². The van der Waals surface area contributed by atoms with E-state index in [4.69, 9.17) is 14.6 Å². The van der Waals surface area contributed by atoms with Crippen LogP contribution in [0.4, 0.5) is 4.39 Å². The van der Waals surface area contributed by atoms with E-state index in [2.05, 4.69) is 37.1 Å². The summed E-state index contributed by atoms with van der Waals surface area (Å²) in [6.07, 6.45) is 0.734. The Morgan fingerprint density at radius 1 is 1.00 bits per heavy atom. The van der Waals surface area contributed by atoms with Crippen LogP contribution in [0.5, 0.6) is 11.5 Å². The van der Waals surface area contributed by atoms with Crippen LogP contribution in [0.1, 0.15) is 60.5 Å². The molecule has 2 unspecified atom stereocenters. The number of ketones is 1. The molecule has 0 aliphatic carbocycles. The summed E-state index contributed by atoms with van der Waals surface area (Å²) in [6.45, 7) is 8.69. The molecule has 0 spiro atoms. The number of nitrogens with zero attached hydrogens (tertiary/aromatic N) is 3. The quantitative estimate of drug-likeness (QED) is 0.206. The zero-order chi connectivity index (χ0) is 31.0. The van der Waals surface area contributed by atoms with Gasteiger partial charge in [0.25, 0.3) is 5.91 Å². The van der Waals surface area contributed by atoms with Crippen LogP contribution >= 0.6 is 0 Å². The fourth-order valence-electron chi connectivity index (χ4n) is 6.10. The van der Waals surface area contributed by atoms with E-state index in [0.717, 1.165) is 53.7 Å². The minimum atomic E-state index is -1.28. The van der Waals surface area contributed by atoms with Crippen molar-refractivity contribution in [1.82, 2.24) is 20.0 Å². The molecule has 0 saturated carbocycles. The molecule has 1 fully saturated rings. The molecule has 44 heavy (non-hydrogen) atoms. The monoisotopic (exact) mass is 600 g/mol. The molecule has 1 aromatic heterocycles. The number of aliphatic hydroxyl groups is 1. The number of carbonyl (C=O) groups is 2. The highest BCUT2D eigenvalue weighted by Gasteiger charge is 2.31. The number of carbonyl (C=O) groups excluding carboxylic acids is 2. The highest BCUT2D eigenvalue weighted by Crippen LogP contribution is 2.36. The van der Waals surface area contributed by atoms with Crippen molar-refractivity contribution in [2.24, 2.45) is 0 Å². The number of fused-ring (bicyclic) bond motifs is 2. The first-order valence-electron chi connectivity index (χ1n) is 15.1. The molecule has 3 aromatic carbocycles. The SMILES string of the molecule is Cc1c2ccc(-c3ccc(C(=O)C(=O)NC(CN4CCCC4)C(O)c4cc(F)c5c(c4)OCCO5)cc3)cc2nn1C(C)C. The maximum absolute atomic E-state index is 14.8. The molecule has 6 rings (SSSR count). The number of aromatic nitrogens is 2. The number of halogens is 1. The number of amides is 1. The lowest BCUT2D eigenvalue weighted by molar-refractivity contribution is -0.118. The third-order valence-electron chi connectivity index (χ3n) is 8.43. The molecule has 4 aromatic rings. The second kappa shape index (κ2) is 12.4. The summed E-state index contributed by atoms with van der Waals surface area (Å²) in [5, 5.41) is 19.9. The Morgan fingerprint density at radius 3 is 2.43 bits per heavy atom. The average Bonchev–Trinajstić information content (AvgIpc) is 3.67. The normalized spacial score (nSPS) is 16.3. The van der Waals surface area contributed by atoms with Crippen LogP contribution in [-0.4, -0.2) is 70.4 Å². The first kappa shape index (κ1) is 29.8. The van der Waals surface area contributed by atoms with E-state index in [1.807, 2.05) is 28.9 Å². The number of Topliss-reactive ketones (excluding diaryl/α,β-unsaturated/α-hetero) is 1. The maximum Gasteiger partial charge on any atom is 0.292 e. The third kappa shape index (κ3) is 5.92. The molecule has 1 amide bonds. The number of aryl methyl sites for hydroxylation is 1. The van der Waals surface area contributed by atoms with Crippen molar-refractivity contribution in [3.8, 4) is 22.6 Å². The highest BCUT2D eigenvalue weighted by molar-refractivity contribution is 6.42. The minimum Gasteiger partial charge on any atom is -0.486 e. The predicted octanol–water partition coefficient (Wildman–Crippen LogP) is 5.00. The zero-order valence-electron chi connectivity index (χ0n) is 25.2. The summed E-state index contributed by atoms with van der Waals surface area (Å²) >= 11 is 0. The molecule has 0 bridgehead atoms. The smallest absolute Gasteiger partial charge is 0.292 e. The van der Waals surface area contributed by atoms with E-state index in [9.17, 15) is 19.1 Å². The second-order valence-electron chi connectivity index (χ2n) is 11.8. The summed E-state index contributed by atoms with van der Waals surface area (Å²) in [5.74, 6) is -2.00. The first-order valence-corrected chi connectivity index (χ1v) is 15.1. The van der Waals surface area contributed by atoms with Crippen molar-refractivity contribution in [2.75, 3.05) is 32.8 Å².